The molecule has 1 aromatic carbocycles. The van der Waals surface area contributed by atoms with Crippen LogP contribution in [0.15, 0.2) is 24.3 Å². The summed E-state index contributed by atoms with van der Waals surface area (Å²) < 4.78 is 0. The molecular weight excluding hydrogens is 240 g/mol. The van der Waals surface area contributed by atoms with Crippen molar-refractivity contribution in [1.82, 2.24) is 20.2 Å². The molecule has 1 aliphatic rings. The standard InChI is InChI=1S/C14H18N4O/c1-10(15-14(19)18-8-4-5-9-18)13-16-11-6-2-3-7-12(11)17-13/h2-3,6-7,10H,4-5,8-9H2,1H3,(H,15,19)(H,16,17)/t10-/m1/s1. The Morgan fingerprint density at radius 2 is 2.11 bits per heavy atom. The zero-order valence-corrected chi connectivity index (χ0v) is 11.0. The lowest BCUT2D eigenvalue weighted by atomic mass is 10.3. The molecule has 0 unspecified atom stereocenters. The van der Waals surface area contributed by atoms with Gasteiger partial charge in [0.05, 0.1) is 17.1 Å². The van der Waals surface area contributed by atoms with Crippen LogP contribution in [-0.2, 0) is 0 Å². The molecule has 3 rings (SSSR count). The number of hydrogen-bond donors (Lipinski definition) is 2. The van der Waals surface area contributed by atoms with Crippen molar-refractivity contribution in [3.63, 3.8) is 0 Å². The van der Waals surface area contributed by atoms with Crippen LogP contribution in [0.4, 0.5) is 4.79 Å². The number of fused-ring (bicyclic) bond motifs is 1. The number of likely N-dealkylation sites (tertiary alicyclic amines) is 1. The van der Waals surface area contributed by atoms with Crippen LogP contribution in [0.1, 0.15) is 31.6 Å². The van der Waals surface area contributed by atoms with E-state index in [1.54, 1.807) is 0 Å². The number of benzene rings is 1. The Labute approximate surface area is 112 Å². The number of carbonyl (C=O) groups is 1. The highest BCUT2D eigenvalue weighted by molar-refractivity contribution is 5.76. The highest BCUT2D eigenvalue weighted by Crippen LogP contribution is 2.16. The quantitative estimate of drug-likeness (QED) is 0.869. The van der Waals surface area contributed by atoms with Crippen molar-refractivity contribution >= 4 is 17.1 Å². The van der Waals surface area contributed by atoms with Gasteiger partial charge in [0, 0.05) is 13.1 Å². The molecule has 5 nitrogen and oxygen atoms in total. The third kappa shape index (κ3) is 2.41. The predicted molar refractivity (Wildman–Crippen MR) is 73.8 cm³/mol. The minimum absolute atomic E-state index is 0.00505. The molecule has 19 heavy (non-hydrogen) atoms. The minimum Gasteiger partial charge on any atom is -0.340 e. The van der Waals surface area contributed by atoms with Crippen LogP contribution in [0.3, 0.4) is 0 Å². The zero-order chi connectivity index (χ0) is 13.2. The number of urea groups is 1. The molecule has 0 spiro atoms. The van der Waals surface area contributed by atoms with Crippen molar-refractivity contribution in [1.29, 1.82) is 0 Å². The molecule has 1 atom stereocenters. The highest BCUT2D eigenvalue weighted by atomic mass is 16.2. The second-order valence-electron chi connectivity index (χ2n) is 5.00. The first kappa shape index (κ1) is 12.0. The summed E-state index contributed by atoms with van der Waals surface area (Å²) in [4.78, 5) is 21.6. The van der Waals surface area contributed by atoms with E-state index < -0.39 is 0 Å². The maximum absolute atomic E-state index is 12.0. The predicted octanol–water partition coefficient (Wildman–Crippen LogP) is 2.43. The summed E-state index contributed by atoms with van der Waals surface area (Å²) in [6.07, 6.45) is 2.21. The van der Waals surface area contributed by atoms with E-state index in [0.717, 1.165) is 42.8 Å². The molecule has 2 amide bonds. The Kier molecular flexibility index (Phi) is 3.11. The largest absolute Gasteiger partial charge is 0.340 e. The number of carbonyl (C=O) groups excluding carboxylic acids is 1. The average Bonchev–Trinajstić information content (AvgIpc) is 3.07. The Balaban J connectivity index is 1.72. The van der Waals surface area contributed by atoms with Crippen molar-refractivity contribution in [2.45, 2.75) is 25.8 Å². The lowest BCUT2D eigenvalue weighted by Gasteiger charge is -2.19. The number of amides is 2. The van der Waals surface area contributed by atoms with Gasteiger partial charge in [0.1, 0.15) is 5.82 Å². The van der Waals surface area contributed by atoms with Crippen LogP contribution < -0.4 is 5.32 Å². The van der Waals surface area contributed by atoms with Gasteiger partial charge in [0.15, 0.2) is 0 Å². The normalized spacial score (nSPS) is 16.8. The number of aromatic amines is 1. The van der Waals surface area contributed by atoms with Gasteiger partial charge in [-0.25, -0.2) is 9.78 Å². The maximum Gasteiger partial charge on any atom is 0.317 e. The smallest absolute Gasteiger partial charge is 0.317 e. The van der Waals surface area contributed by atoms with Gasteiger partial charge in [0.2, 0.25) is 0 Å². The fraction of sp³-hybridized carbons (Fsp3) is 0.429. The molecule has 0 aliphatic carbocycles. The van der Waals surface area contributed by atoms with Crippen molar-refractivity contribution in [2.75, 3.05) is 13.1 Å². The summed E-state index contributed by atoms with van der Waals surface area (Å²) in [5, 5.41) is 2.99. The first-order valence-electron chi connectivity index (χ1n) is 6.74. The molecule has 1 fully saturated rings. The number of para-hydroxylation sites is 2. The van der Waals surface area contributed by atoms with E-state index in [0.29, 0.717) is 0 Å². The number of nitrogens with one attached hydrogen (secondary N) is 2. The second-order valence-corrected chi connectivity index (χ2v) is 5.00. The van der Waals surface area contributed by atoms with Gasteiger partial charge in [-0.05, 0) is 31.9 Å². The van der Waals surface area contributed by atoms with E-state index in [1.807, 2.05) is 36.1 Å². The second kappa shape index (κ2) is 4.91. The molecule has 0 radical (unpaired) electrons. The molecule has 0 saturated carbocycles. The van der Waals surface area contributed by atoms with Gasteiger partial charge in [-0.1, -0.05) is 12.1 Å². The van der Waals surface area contributed by atoms with Gasteiger partial charge in [0.25, 0.3) is 0 Å². The monoisotopic (exact) mass is 258 g/mol. The summed E-state index contributed by atoms with van der Waals surface area (Å²) in [6, 6.07) is 7.77. The number of aromatic nitrogens is 2. The first-order chi connectivity index (χ1) is 9.24. The van der Waals surface area contributed by atoms with Crippen LogP contribution in [0, 0.1) is 0 Å². The van der Waals surface area contributed by atoms with Gasteiger partial charge in [-0.2, -0.15) is 0 Å². The summed E-state index contributed by atoms with van der Waals surface area (Å²) in [6.45, 7) is 3.67. The number of imidazole rings is 1. The van der Waals surface area contributed by atoms with E-state index in [-0.39, 0.29) is 12.1 Å². The van der Waals surface area contributed by atoms with Gasteiger partial charge < -0.3 is 15.2 Å². The van der Waals surface area contributed by atoms with Crippen LogP contribution in [-0.4, -0.2) is 34.0 Å². The summed E-state index contributed by atoms with van der Waals surface area (Å²) in [5.41, 5.74) is 1.93. The molecule has 5 heteroatoms. The fourth-order valence-corrected chi connectivity index (χ4v) is 2.44. The summed E-state index contributed by atoms with van der Waals surface area (Å²) in [7, 11) is 0. The topological polar surface area (TPSA) is 61.0 Å². The number of hydrogen-bond acceptors (Lipinski definition) is 2. The third-order valence-electron chi connectivity index (χ3n) is 3.55. The van der Waals surface area contributed by atoms with Gasteiger partial charge >= 0.3 is 6.03 Å². The Hall–Kier alpha value is -2.04. The van der Waals surface area contributed by atoms with Crippen LogP contribution in [0.2, 0.25) is 0 Å². The molecule has 2 aromatic rings. The molecule has 1 aliphatic heterocycles. The molecule has 100 valence electrons. The molecule has 1 saturated heterocycles. The molecule has 2 N–H and O–H groups in total. The van der Waals surface area contributed by atoms with E-state index in [2.05, 4.69) is 15.3 Å². The third-order valence-corrected chi connectivity index (χ3v) is 3.55. The number of nitrogens with zero attached hydrogens (tertiary/aromatic N) is 2. The van der Waals surface area contributed by atoms with E-state index in [4.69, 9.17) is 0 Å². The van der Waals surface area contributed by atoms with E-state index in [9.17, 15) is 4.79 Å². The Morgan fingerprint density at radius 3 is 2.84 bits per heavy atom. The van der Waals surface area contributed by atoms with E-state index in [1.165, 1.54) is 0 Å². The summed E-state index contributed by atoms with van der Waals surface area (Å²) >= 11 is 0. The van der Waals surface area contributed by atoms with Gasteiger partial charge in [-0.3, -0.25) is 0 Å². The summed E-state index contributed by atoms with van der Waals surface area (Å²) in [5.74, 6) is 0.800. The maximum atomic E-state index is 12.0. The molecular formula is C14H18N4O. The molecule has 1 aromatic heterocycles. The van der Waals surface area contributed by atoms with Crippen molar-refractivity contribution in [3.05, 3.63) is 30.1 Å². The first-order valence-corrected chi connectivity index (χ1v) is 6.74. The highest BCUT2D eigenvalue weighted by Gasteiger charge is 2.20. The van der Waals surface area contributed by atoms with Crippen molar-refractivity contribution in [3.8, 4) is 0 Å². The van der Waals surface area contributed by atoms with Crippen molar-refractivity contribution in [2.24, 2.45) is 0 Å². The van der Waals surface area contributed by atoms with Crippen molar-refractivity contribution < 1.29 is 4.79 Å². The number of rotatable bonds is 2. The minimum atomic E-state index is -0.111. The van der Waals surface area contributed by atoms with Crippen LogP contribution in [0.5, 0.6) is 0 Å². The van der Waals surface area contributed by atoms with E-state index >= 15 is 0 Å². The van der Waals surface area contributed by atoms with Gasteiger partial charge in [-0.15, -0.1) is 0 Å². The SMILES string of the molecule is C[C@@H](NC(=O)N1CCCC1)c1nc2ccccc2[nH]1. The Bertz CT molecular complexity index is 553. The molecule has 0 bridgehead atoms. The fourth-order valence-electron chi connectivity index (χ4n) is 2.44. The Morgan fingerprint density at radius 1 is 1.37 bits per heavy atom. The molecule has 2 heterocycles. The lowest BCUT2D eigenvalue weighted by molar-refractivity contribution is 0.205. The zero-order valence-electron chi connectivity index (χ0n) is 11.0. The average molecular weight is 258 g/mol. The van der Waals surface area contributed by atoms with Crippen LogP contribution >= 0.6 is 0 Å². The van der Waals surface area contributed by atoms with Crippen LogP contribution in [0.25, 0.3) is 11.0 Å². The lowest BCUT2D eigenvalue weighted by Crippen LogP contribution is -2.39. The number of H-pyrrole nitrogens is 1.